The van der Waals surface area contributed by atoms with E-state index in [9.17, 15) is 4.79 Å². The number of nitrogen functional groups attached to an aromatic ring is 1. The number of terminal acetylenes is 1. The lowest BCUT2D eigenvalue weighted by molar-refractivity contribution is 0.0925. The molecular weight excluding hydrogens is 204 g/mol. The lowest BCUT2D eigenvalue weighted by Gasteiger charge is -2.18. The molecule has 86 valence electrons. The maximum Gasteiger partial charge on any atom is 0.275 e. The zero-order chi connectivity index (χ0) is 12.3. The molecule has 1 heterocycles. The van der Waals surface area contributed by atoms with E-state index in [0.29, 0.717) is 12.1 Å². The molecule has 1 aromatic rings. The fourth-order valence-corrected chi connectivity index (χ4v) is 1.21. The largest absolute Gasteiger partial charge is 0.395 e. The van der Waals surface area contributed by atoms with Gasteiger partial charge < -0.3 is 11.1 Å². The van der Waals surface area contributed by atoms with Crippen molar-refractivity contribution in [3.63, 3.8) is 0 Å². The summed E-state index contributed by atoms with van der Waals surface area (Å²) in [5.74, 6) is 2.11. The highest BCUT2D eigenvalue weighted by atomic mass is 16.2. The van der Waals surface area contributed by atoms with Crippen LogP contribution in [0.1, 0.15) is 37.0 Å². The highest BCUT2D eigenvalue weighted by molar-refractivity contribution is 5.98. The zero-order valence-electron chi connectivity index (χ0n) is 9.72. The van der Waals surface area contributed by atoms with E-state index in [0.717, 1.165) is 5.69 Å². The Hall–Kier alpha value is -1.96. The number of rotatable bonds is 3. The minimum Gasteiger partial charge on any atom is -0.395 e. The summed E-state index contributed by atoms with van der Waals surface area (Å²) in [6.45, 7) is 5.39. The van der Waals surface area contributed by atoms with E-state index in [2.05, 4.69) is 21.4 Å². The van der Waals surface area contributed by atoms with Gasteiger partial charge in [-0.05, 0) is 20.3 Å². The SMILES string of the molecule is C#CC(C)(C)NC(=O)c1n[nH]c(CC)c1N. The fourth-order valence-electron chi connectivity index (χ4n) is 1.21. The number of nitrogens with zero attached hydrogens (tertiary/aromatic N) is 1. The number of carbonyl (C=O) groups is 1. The summed E-state index contributed by atoms with van der Waals surface area (Å²) in [4.78, 5) is 11.8. The van der Waals surface area contributed by atoms with Gasteiger partial charge in [-0.15, -0.1) is 6.42 Å². The van der Waals surface area contributed by atoms with Gasteiger partial charge in [-0.2, -0.15) is 5.10 Å². The van der Waals surface area contributed by atoms with E-state index < -0.39 is 5.54 Å². The number of nitrogens with one attached hydrogen (secondary N) is 2. The number of amides is 1. The van der Waals surface area contributed by atoms with Crippen molar-refractivity contribution < 1.29 is 4.79 Å². The predicted molar refractivity (Wildman–Crippen MR) is 62.8 cm³/mol. The van der Waals surface area contributed by atoms with Crippen LogP contribution in [-0.2, 0) is 6.42 Å². The topological polar surface area (TPSA) is 83.8 Å². The van der Waals surface area contributed by atoms with Crippen LogP contribution in [0.4, 0.5) is 5.69 Å². The summed E-state index contributed by atoms with van der Waals surface area (Å²) >= 11 is 0. The summed E-state index contributed by atoms with van der Waals surface area (Å²) in [6.07, 6.45) is 5.98. The second kappa shape index (κ2) is 4.27. The van der Waals surface area contributed by atoms with E-state index >= 15 is 0 Å². The molecule has 0 radical (unpaired) electrons. The molecule has 1 aromatic heterocycles. The van der Waals surface area contributed by atoms with Gasteiger partial charge in [0.15, 0.2) is 5.69 Å². The third-order valence-electron chi connectivity index (χ3n) is 2.24. The van der Waals surface area contributed by atoms with Crippen LogP contribution < -0.4 is 11.1 Å². The average Bonchev–Trinajstić information content (AvgIpc) is 2.59. The Morgan fingerprint density at radius 2 is 2.31 bits per heavy atom. The monoisotopic (exact) mass is 220 g/mol. The smallest absolute Gasteiger partial charge is 0.275 e. The number of aromatic nitrogens is 2. The number of aryl methyl sites for hydroxylation is 1. The van der Waals surface area contributed by atoms with Crippen LogP contribution in [0, 0.1) is 12.3 Å². The first-order valence-electron chi connectivity index (χ1n) is 5.04. The van der Waals surface area contributed by atoms with Gasteiger partial charge in [-0.1, -0.05) is 12.8 Å². The summed E-state index contributed by atoms with van der Waals surface area (Å²) in [5.41, 5.74) is 6.39. The number of hydrogen-bond donors (Lipinski definition) is 3. The average molecular weight is 220 g/mol. The van der Waals surface area contributed by atoms with Gasteiger partial charge in [-0.3, -0.25) is 9.89 Å². The molecular formula is C11H16N4O. The molecule has 0 atom stereocenters. The van der Waals surface area contributed by atoms with Crippen molar-refractivity contribution in [1.29, 1.82) is 0 Å². The van der Waals surface area contributed by atoms with Crippen molar-refractivity contribution >= 4 is 11.6 Å². The Kier molecular flexibility index (Phi) is 3.23. The number of carbonyl (C=O) groups excluding carboxylic acids is 1. The third-order valence-corrected chi connectivity index (χ3v) is 2.24. The van der Waals surface area contributed by atoms with E-state index in [1.165, 1.54) is 0 Å². The van der Waals surface area contributed by atoms with Crippen molar-refractivity contribution in [1.82, 2.24) is 15.5 Å². The maximum absolute atomic E-state index is 11.8. The summed E-state index contributed by atoms with van der Waals surface area (Å²) in [6, 6.07) is 0. The van der Waals surface area contributed by atoms with Crippen LogP contribution in [0.3, 0.4) is 0 Å². The van der Waals surface area contributed by atoms with Crippen molar-refractivity contribution in [2.45, 2.75) is 32.7 Å². The van der Waals surface area contributed by atoms with Gasteiger partial charge >= 0.3 is 0 Å². The normalized spacial score (nSPS) is 10.9. The number of nitrogens with two attached hydrogens (primary N) is 1. The van der Waals surface area contributed by atoms with Gasteiger partial charge in [0.2, 0.25) is 0 Å². The van der Waals surface area contributed by atoms with Crippen LogP contribution in [0.5, 0.6) is 0 Å². The standard InChI is InChI=1S/C11H16N4O/c1-5-7-8(12)9(15-14-7)10(16)13-11(3,4)6-2/h2H,5,12H2,1,3-4H3,(H,13,16)(H,14,15). The molecule has 0 saturated carbocycles. The van der Waals surface area contributed by atoms with Gasteiger partial charge in [0, 0.05) is 0 Å². The van der Waals surface area contributed by atoms with Gasteiger partial charge in [-0.25, -0.2) is 0 Å². The molecule has 0 unspecified atom stereocenters. The van der Waals surface area contributed by atoms with Crippen molar-refractivity contribution in [2.75, 3.05) is 5.73 Å². The van der Waals surface area contributed by atoms with Gasteiger partial charge in [0.25, 0.3) is 5.91 Å². The molecule has 0 saturated heterocycles. The van der Waals surface area contributed by atoms with E-state index in [1.807, 2.05) is 6.92 Å². The summed E-state index contributed by atoms with van der Waals surface area (Å²) in [5, 5.41) is 9.26. The molecule has 16 heavy (non-hydrogen) atoms. The van der Waals surface area contributed by atoms with Crippen LogP contribution in [0.2, 0.25) is 0 Å². The first kappa shape index (κ1) is 12.1. The molecule has 0 aliphatic rings. The van der Waals surface area contributed by atoms with Gasteiger partial charge in [0.1, 0.15) is 0 Å². The highest BCUT2D eigenvalue weighted by Gasteiger charge is 2.22. The van der Waals surface area contributed by atoms with Crippen LogP contribution in [0.15, 0.2) is 0 Å². The summed E-state index contributed by atoms with van der Waals surface area (Å²) < 4.78 is 0. The van der Waals surface area contributed by atoms with Crippen LogP contribution >= 0.6 is 0 Å². The zero-order valence-corrected chi connectivity index (χ0v) is 9.72. The van der Waals surface area contributed by atoms with E-state index in [4.69, 9.17) is 12.2 Å². The molecule has 5 nitrogen and oxygen atoms in total. The molecule has 0 spiro atoms. The van der Waals surface area contributed by atoms with Crippen molar-refractivity contribution in [3.05, 3.63) is 11.4 Å². The molecule has 1 rings (SSSR count). The maximum atomic E-state index is 11.8. The molecule has 5 heteroatoms. The van der Waals surface area contributed by atoms with Gasteiger partial charge in [0.05, 0.1) is 16.9 Å². The Labute approximate surface area is 94.8 Å². The second-order valence-electron chi connectivity index (χ2n) is 4.04. The molecule has 4 N–H and O–H groups in total. The Morgan fingerprint density at radius 1 is 1.69 bits per heavy atom. The predicted octanol–water partition coefficient (Wildman–Crippen LogP) is 0.696. The molecule has 1 amide bonds. The van der Waals surface area contributed by atoms with Crippen molar-refractivity contribution in [3.8, 4) is 12.3 Å². The number of hydrogen-bond acceptors (Lipinski definition) is 3. The Morgan fingerprint density at radius 3 is 2.75 bits per heavy atom. The first-order valence-corrected chi connectivity index (χ1v) is 5.04. The minimum absolute atomic E-state index is 0.195. The molecule has 0 aromatic carbocycles. The fraction of sp³-hybridized carbons (Fsp3) is 0.455. The molecule has 0 fully saturated rings. The van der Waals surface area contributed by atoms with E-state index in [1.54, 1.807) is 13.8 Å². The number of aromatic amines is 1. The Balaban J connectivity index is 2.90. The van der Waals surface area contributed by atoms with Crippen LogP contribution in [-0.4, -0.2) is 21.6 Å². The quantitative estimate of drug-likeness (QED) is 0.655. The third kappa shape index (κ3) is 2.34. The molecule has 0 bridgehead atoms. The lowest BCUT2D eigenvalue weighted by atomic mass is 10.1. The molecule has 0 aliphatic carbocycles. The van der Waals surface area contributed by atoms with E-state index in [-0.39, 0.29) is 11.6 Å². The first-order chi connectivity index (χ1) is 7.41. The number of anilines is 1. The second-order valence-corrected chi connectivity index (χ2v) is 4.04. The molecule has 0 aliphatic heterocycles. The lowest BCUT2D eigenvalue weighted by Crippen LogP contribution is -2.42. The van der Waals surface area contributed by atoms with Crippen LogP contribution in [0.25, 0.3) is 0 Å². The Bertz CT molecular complexity index is 439. The van der Waals surface area contributed by atoms with Crippen molar-refractivity contribution in [2.24, 2.45) is 0 Å². The highest BCUT2D eigenvalue weighted by Crippen LogP contribution is 2.15. The summed E-state index contributed by atoms with van der Waals surface area (Å²) in [7, 11) is 0. The minimum atomic E-state index is -0.713. The number of H-pyrrole nitrogens is 1.